The van der Waals surface area contributed by atoms with E-state index in [9.17, 15) is 0 Å². The van der Waals surface area contributed by atoms with Gasteiger partial charge in [0.2, 0.25) is 11.2 Å². The van der Waals surface area contributed by atoms with Gasteiger partial charge in [-0.1, -0.05) is 0 Å². The zero-order valence-electron chi connectivity index (χ0n) is 11.1. The summed E-state index contributed by atoms with van der Waals surface area (Å²) in [5.41, 5.74) is 2.87. The van der Waals surface area contributed by atoms with Crippen LogP contribution in [0.3, 0.4) is 0 Å². The molecular weight excluding hydrogens is 274 g/mol. The summed E-state index contributed by atoms with van der Waals surface area (Å²) in [7, 11) is 0. The van der Waals surface area contributed by atoms with Crippen molar-refractivity contribution < 1.29 is 4.74 Å². The van der Waals surface area contributed by atoms with Crippen LogP contribution in [-0.4, -0.2) is 9.97 Å². The van der Waals surface area contributed by atoms with Crippen LogP contribution < -0.4 is 4.74 Å². The van der Waals surface area contributed by atoms with Crippen LogP contribution in [0.5, 0.6) is 11.6 Å². The highest BCUT2D eigenvalue weighted by molar-refractivity contribution is 6.28. The van der Waals surface area contributed by atoms with E-state index >= 15 is 0 Å². The van der Waals surface area contributed by atoms with Crippen LogP contribution in [0.25, 0.3) is 6.08 Å². The van der Waals surface area contributed by atoms with E-state index in [1.807, 2.05) is 32.0 Å². The maximum absolute atomic E-state index is 8.55. The minimum absolute atomic E-state index is 0.145. The third-order valence-electron chi connectivity index (χ3n) is 2.64. The molecule has 4 nitrogen and oxygen atoms in total. The van der Waals surface area contributed by atoms with E-state index in [1.54, 1.807) is 18.3 Å². The summed E-state index contributed by atoms with van der Waals surface area (Å²) in [6.45, 7) is 3.88. The molecule has 0 N–H and O–H groups in total. The number of hydrogen-bond donors (Lipinski definition) is 0. The summed E-state index contributed by atoms with van der Waals surface area (Å²) in [6, 6.07) is 7.51. The summed E-state index contributed by atoms with van der Waals surface area (Å²) in [5.74, 6) is 1.13. The highest BCUT2D eigenvalue weighted by Gasteiger charge is 2.08. The minimum atomic E-state index is 0.145. The fraction of sp³-hybridized carbons (Fsp3) is 0.133. The molecule has 20 heavy (non-hydrogen) atoms. The molecule has 0 aliphatic heterocycles. The van der Waals surface area contributed by atoms with E-state index in [4.69, 9.17) is 21.6 Å². The van der Waals surface area contributed by atoms with Gasteiger partial charge in [0.1, 0.15) is 5.75 Å². The molecule has 2 aromatic rings. The molecule has 0 saturated carbocycles. The third-order valence-corrected chi connectivity index (χ3v) is 2.82. The number of aromatic nitrogens is 2. The minimum Gasteiger partial charge on any atom is -0.438 e. The maximum Gasteiger partial charge on any atom is 0.225 e. The molecule has 100 valence electrons. The number of aryl methyl sites for hydroxylation is 2. The second kappa shape index (κ2) is 6.18. The van der Waals surface area contributed by atoms with Gasteiger partial charge in [-0.05, 0) is 60.3 Å². The van der Waals surface area contributed by atoms with Crippen molar-refractivity contribution in [3.63, 3.8) is 0 Å². The first-order valence-electron chi connectivity index (χ1n) is 5.94. The molecule has 0 spiro atoms. The normalized spacial score (nSPS) is 10.5. The Balaban J connectivity index is 2.34. The molecule has 1 aromatic heterocycles. The molecule has 0 fully saturated rings. The van der Waals surface area contributed by atoms with Gasteiger partial charge >= 0.3 is 0 Å². The Morgan fingerprint density at radius 1 is 1.30 bits per heavy atom. The van der Waals surface area contributed by atoms with E-state index in [2.05, 4.69) is 9.97 Å². The van der Waals surface area contributed by atoms with Crippen molar-refractivity contribution in [3.05, 3.63) is 52.4 Å². The zero-order chi connectivity index (χ0) is 14.5. The van der Waals surface area contributed by atoms with Gasteiger partial charge in [-0.2, -0.15) is 10.2 Å². The summed E-state index contributed by atoms with van der Waals surface area (Å²) in [4.78, 5) is 7.81. The molecule has 0 amide bonds. The lowest BCUT2D eigenvalue weighted by atomic mass is 10.1. The molecular formula is C15H12ClN3O. The monoisotopic (exact) mass is 285 g/mol. The fourth-order valence-corrected chi connectivity index (χ4v) is 2.00. The predicted molar refractivity (Wildman–Crippen MR) is 77.7 cm³/mol. The lowest BCUT2D eigenvalue weighted by Crippen LogP contribution is -1.95. The van der Waals surface area contributed by atoms with Crippen LogP contribution in [0, 0.1) is 25.2 Å². The second-order valence-electron chi connectivity index (χ2n) is 4.21. The van der Waals surface area contributed by atoms with Crippen LogP contribution in [-0.2, 0) is 0 Å². The van der Waals surface area contributed by atoms with Crippen molar-refractivity contribution >= 4 is 17.7 Å². The quantitative estimate of drug-likeness (QED) is 0.630. The van der Waals surface area contributed by atoms with Gasteiger partial charge in [0.15, 0.2) is 0 Å². The predicted octanol–water partition coefficient (Wildman–Crippen LogP) is 4.08. The van der Waals surface area contributed by atoms with Crippen LogP contribution >= 0.6 is 11.6 Å². The summed E-state index contributed by atoms with van der Waals surface area (Å²) < 4.78 is 5.76. The Kier molecular flexibility index (Phi) is 4.34. The van der Waals surface area contributed by atoms with Gasteiger partial charge in [-0.15, -0.1) is 0 Å². The number of nitrogens with zero attached hydrogens (tertiary/aromatic N) is 3. The molecule has 0 atom stereocenters. The Bertz CT molecular complexity index is 682. The number of rotatable bonds is 3. The van der Waals surface area contributed by atoms with Crippen LogP contribution in [0.2, 0.25) is 5.28 Å². The number of hydrogen-bond acceptors (Lipinski definition) is 4. The summed E-state index contributed by atoms with van der Waals surface area (Å²) >= 11 is 5.73. The first-order chi connectivity index (χ1) is 9.60. The maximum atomic E-state index is 8.55. The Morgan fingerprint density at radius 3 is 2.60 bits per heavy atom. The van der Waals surface area contributed by atoms with Gasteiger partial charge in [-0.3, -0.25) is 0 Å². The van der Waals surface area contributed by atoms with E-state index in [0.717, 1.165) is 22.4 Å². The Labute approximate surface area is 122 Å². The average molecular weight is 286 g/mol. The van der Waals surface area contributed by atoms with Crippen molar-refractivity contribution in [2.45, 2.75) is 13.8 Å². The largest absolute Gasteiger partial charge is 0.438 e. The van der Waals surface area contributed by atoms with Crippen LogP contribution in [0.1, 0.15) is 16.7 Å². The number of nitriles is 1. The lowest BCUT2D eigenvalue weighted by Gasteiger charge is -2.12. The van der Waals surface area contributed by atoms with Crippen molar-refractivity contribution in [1.82, 2.24) is 9.97 Å². The standard InChI is InChI=1S/C15H12ClN3O/c1-10-8-12(4-3-6-17)9-11(2)14(10)20-13-5-7-18-15(16)19-13/h3-5,7-9H,1-2H3/b4-3+. The second-order valence-corrected chi connectivity index (χ2v) is 4.55. The van der Waals surface area contributed by atoms with Crippen molar-refractivity contribution in [1.29, 1.82) is 5.26 Å². The lowest BCUT2D eigenvalue weighted by molar-refractivity contribution is 0.454. The van der Waals surface area contributed by atoms with Gasteiger partial charge in [0, 0.05) is 18.3 Å². The molecule has 0 aliphatic carbocycles. The van der Waals surface area contributed by atoms with E-state index in [0.29, 0.717) is 5.88 Å². The Morgan fingerprint density at radius 2 is 2.00 bits per heavy atom. The van der Waals surface area contributed by atoms with Gasteiger partial charge in [0.25, 0.3) is 0 Å². The average Bonchev–Trinajstić information content (AvgIpc) is 2.40. The molecule has 0 aliphatic rings. The molecule has 1 heterocycles. The van der Waals surface area contributed by atoms with E-state index < -0.39 is 0 Å². The SMILES string of the molecule is Cc1cc(/C=C/C#N)cc(C)c1Oc1ccnc(Cl)n1. The molecule has 2 rings (SSSR count). The van der Waals surface area contributed by atoms with Crippen molar-refractivity contribution in [3.8, 4) is 17.7 Å². The Hall–Kier alpha value is -2.38. The molecule has 1 aromatic carbocycles. The smallest absolute Gasteiger partial charge is 0.225 e. The van der Waals surface area contributed by atoms with Crippen LogP contribution in [0.15, 0.2) is 30.5 Å². The number of halogens is 1. The molecule has 0 saturated heterocycles. The van der Waals surface area contributed by atoms with Crippen LogP contribution in [0.4, 0.5) is 0 Å². The number of allylic oxidation sites excluding steroid dienone is 1. The summed E-state index contributed by atoms with van der Waals surface area (Å²) in [6.07, 6.45) is 4.74. The van der Waals surface area contributed by atoms with Gasteiger partial charge in [0.05, 0.1) is 6.07 Å². The first-order valence-corrected chi connectivity index (χ1v) is 6.32. The van der Waals surface area contributed by atoms with Gasteiger partial charge in [-0.25, -0.2) is 4.98 Å². The number of ether oxygens (including phenoxy) is 1. The molecule has 0 bridgehead atoms. The van der Waals surface area contributed by atoms with E-state index in [1.165, 1.54) is 6.08 Å². The van der Waals surface area contributed by atoms with E-state index in [-0.39, 0.29) is 5.28 Å². The third kappa shape index (κ3) is 3.34. The fourth-order valence-electron chi connectivity index (χ4n) is 1.86. The van der Waals surface area contributed by atoms with Crippen molar-refractivity contribution in [2.75, 3.05) is 0 Å². The summed E-state index contributed by atoms with van der Waals surface area (Å²) in [5, 5.41) is 8.70. The number of benzene rings is 1. The molecule has 0 radical (unpaired) electrons. The zero-order valence-corrected chi connectivity index (χ0v) is 11.8. The highest BCUT2D eigenvalue weighted by Crippen LogP contribution is 2.29. The topological polar surface area (TPSA) is 58.8 Å². The first kappa shape index (κ1) is 14.0. The molecule has 5 heteroatoms. The van der Waals surface area contributed by atoms with Gasteiger partial charge < -0.3 is 4.74 Å². The molecule has 0 unspecified atom stereocenters. The highest BCUT2D eigenvalue weighted by atomic mass is 35.5. The van der Waals surface area contributed by atoms with Crippen molar-refractivity contribution in [2.24, 2.45) is 0 Å².